The first-order valence-corrected chi connectivity index (χ1v) is 6.17. The lowest BCUT2D eigenvalue weighted by Crippen LogP contribution is -2.05. The van der Waals surface area contributed by atoms with Gasteiger partial charge in [-0.1, -0.05) is 12.1 Å². The molecule has 0 radical (unpaired) electrons. The number of methoxy groups -OCH3 is 1. The molecule has 0 bridgehead atoms. The summed E-state index contributed by atoms with van der Waals surface area (Å²) in [5, 5.41) is 3.10. The van der Waals surface area contributed by atoms with Gasteiger partial charge in [-0.05, 0) is 36.4 Å². The van der Waals surface area contributed by atoms with Gasteiger partial charge in [0.25, 0.3) is 0 Å². The van der Waals surface area contributed by atoms with Crippen LogP contribution in [0.15, 0.2) is 42.6 Å². The number of benzene rings is 1. The molecule has 1 aromatic carbocycles. The monoisotopic (exact) mass is 258 g/mol. The van der Waals surface area contributed by atoms with Crippen LogP contribution in [-0.4, -0.2) is 19.1 Å². The number of aromatic nitrogens is 1. The van der Waals surface area contributed by atoms with Gasteiger partial charge in [0.1, 0.15) is 12.4 Å². The van der Waals surface area contributed by atoms with E-state index < -0.39 is 0 Å². The van der Waals surface area contributed by atoms with Crippen LogP contribution in [0.5, 0.6) is 11.6 Å². The number of rotatable bonds is 6. The summed E-state index contributed by atoms with van der Waals surface area (Å²) in [5.41, 5.74) is 2.24. The molecule has 0 aliphatic carbocycles. The molecule has 0 saturated heterocycles. The topological polar surface area (TPSA) is 43.4 Å². The van der Waals surface area contributed by atoms with E-state index in [1.807, 2.05) is 43.4 Å². The molecule has 100 valence electrons. The van der Waals surface area contributed by atoms with Crippen LogP contribution in [0.1, 0.15) is 11.1 Å². The molecule has 0 aliphatic rings. The first kappa shape index (κ1) is 13.4. The molecule has 19 heavy (non-hydrogen) atoms. The lowest BCUT2D eigenvalue weighted by Gasteiger charge is -2.07. The molecular formula is C15H18N2O2. The van der Waals surface area contributed by atoms with Gasteiger partial charge in [0.15, 0.2) is 0 Å². The van der Waals surface area contributed by atoms with Crippen LogP contribution in [0, 0.1) is 0 Å². The SMILES string of the molecule is CNCc1ccnc(OCc2ccc(OC)cc2)c1. The minimum atomic E-state index is 0.500. The zero-order valence-corrected chi connectivity index (χ0v) is 11.2. The summed E-state index contributed by atoms with van der Waals surface area (Å²) in [6, 6.07) is 11.7. The zero-order chi connectivity index (χ0) is 13.5. The van der Waals surface area contributed by atoms with E-state index in [2.05, 4.69) is 10.3 Å². The van der Waals surface area contributed by atoms with Crippen LogP contribution in [-0.2, 0) is 13.2 Å². The van der Waals surface area contributed by atoms with Gasteiger partial charge in [0.05, 0.1) is 7.11 Å². The van der Waals surface area contributed by atoms with Crippen molar-refractivity contribution >= 4 is 0 Å². The fraction of sp³-hybridized carbons (Fsp3) is 0.267. The Morgan fingerprint density at radius 2 is 1.89 bits per heavy atom. The highest BCUT2D eigenvalue weighted by Crippen LogP contribution is 2.14. The van der Waals surface area contributed by atoms with Crippen LogP contribution in [0.3, 0.4) is 0 Å². The summed E-state index contributed by atoms with van der Waals surface area (Å²) in [5.74, 6) is 1.49. The van der Waals surface area contributed by atoms with Crippen molar-refractivity contribution in [2.24, 2.45) is 0 Å². The Morgan fingerprint density at radius 3 is 2.58 bits per heavy atom. The minimum Gasteiger partial charge on any atom is -0.497 e. The lowest BCUT2D eigenvalue weighted by molar-refractivity contribution is 0.293. The molecule has 0 fully saturated rings. The maximum absolute atomic E-state index is 5.67. The van der Waals surface area contributed by atoms with E-state index in [9.17, 15) is 0 Å². The second-order valence-electron chi connectivity index (χ2n) is 4.17. The summed E-state index contributed by atoms with van der Waals surface area (Å²) in [4.78, 5) is 4.20. The van der Waals surface area contributed by atoms with Crippen molar-refractivity contribution in [3.8, 4) is 11.6 Å². The number of hydrogen-bond donors (Lipinski definition) is 1. The molecule has 1 heterocycles. The molecule has 0 atom stereocenters. The van der Waals surface area contributed by atoms with Gasteiger partial charge < -0.3 is 14.8 Å². The summed E-state index contributed by atoms with van der Waals surface area (Å²) in [6.45, 7) is 1.31. The van der Waals surface area contributed by atoms with E-state index in [1.165, 1.54) is 0 Å². The molecule has 1 aromatic heterocycles. The van der Waals surface area contributed by atoms with E-state index in [0.717, 1.165) is 23.4 Å². The Balaban J connectivity index is 1.95. The van der Waals surface area contributed by atoms with E-state index in [-0.39, 0.29) is 0 Å². The first-order chi connectivity index (χ1) is 9.31. The summed E-state index contributed by atoms with van der Waals surface area (Å²) in [6.07, 6.45) is 1.76. The standard InChI is InChI=1S/C15H18N2O2/c1-16-10-13-7-8-17-15(9-13)19-11-12-3-5-14(18-2)6-4-12/h3-9,16H,10-11H2,1-2H3. The smallest absolute Gasteiger partial charge is 0.213 e. The highest BCUT2D eigenvalue weighted by atomic mass is 16.5. The number of hydrogen-bond acceptors (Lipinski definition) is 4. The Morgan fingerprint density at radius 1 is 1.11 bits per heavy atom. The molecule has 0 amide bonds. The lowest BCUT2D eigenvalue weighted by atomic mass is 10.2. The van der Waals surface area contributed by atoms with E-state index in [1.54, 1.807) is 13.3 Å². The molecule has 0 spiro atoms. The molecular weight excluding hydrogens is 240 g/mol. The third kappa shape index (κ3) is 3.96. The van der Waals surface area contributed by atoms with Crippen LogP contribution in [0.2, 0.25) is 0 Å². The average molecular weight is 258 g/mol. The van der Waals surface area contributed by atoms with Crippen molar-refractivity contribution in [3.05, 3.63) is 53.7 Å². The quantitative estimate of drug-likeness (QED) is 0.864. The Hall–Kier alpha value is -2.07. The molecule has 1 N–H and O–H groups in total. The Labute approximate surface area is 113 Å². The molecule has 0 saturated carbocycles. The van der Waals surface area contributed by atoms with Crippen molar-refractivity contribution in [1.82, 2.24) is 10.3 Å². The third-order valence-corrected chi connectivity index (χ3v) is 2.73. The molecule has 4 heteroatoms. The molecule has 4 nitrogen and oxygen atoms in total. The third-order valence-electron chi connectivity index (χ3n) is 2.73. The summed E-state index contributed by atoms with van der Waals surface area (Å²) < 4.78 is 10.8. The van der Waals surface area contributed by atoms with Gasteiger partial charge in [0.2, 0.25) is 5.88 Å². The molecule has 0 aliphatic heterocycles. The summed E-state index contributed by atoms with van der Waals surface area (Å²) >= 11 is 0. The van der Waals surface area contributed by atoms with Crippen molar-refractivity contribution in [2.75, 3.05) is 14.2 Å². The van der Waals surface area contributed by atoms with E-state index >= 15 is 0 Å². The molecule has 2 aromatic rings. The van der Waals surface area contributed by atoms with Gasteiger partial charge >= 0.3 is 0 Å². The van der Waals surface area contributed by atoms with Crippen LogP contribution in [0.25, 0.3) is 0 Å². The number of pyridine rings is 1. The van der Waals surface area contributed by atoms with E-state index in [4.69, 9.17) is 9.47 Å². The normalized spacial score (nSPS) is 10.2. The number of nitrogens with zero attached hydrogens (tertiary/aromatic N) is 1. The first-order valence-electron chi connectivity index (χ1n) is 6.17. The second-order valence-corrected chi connectivity index (χ2v) is 4.17. The number of nitrogens with one attached hydrogen (secondary N) is 1. The average Bonchev–Trinajstić information content (AvgIpc) is 2.46. The highest BCUT2D eigenvalue weighted by Gasteiger charge is 1.99. The fourth-order valence-corrected chi connectivity index (χ4v) is 1.72. The van der Waals surface area contributed by atoms with Crippen molar-refractivity contribution in [3.63, 3.8) is 0 Å². The predicted octanol–water partition coefficient (Wildman–Crippen LogP) is 2.39. The van der Waals surface area contributed by atoms with E-state index in [0.29, 0.717) is 12.5 Å². The van der Waals surface area contributed by atoms with Gasteiger partial charge in [-0.2, -0.15) is 0 Å². The van der Waals surface area contributed by atoms with Crippen molar-refractivity contribution < 1.29 is 9.47 Å². The Bertz CT molecular complexity index is 512. The van der Waals surface area contributed by atoms with Gasteiger partial charge in [-0.25, -0.2) is 4.98 Å². The summed E-state index contributed by atoms with van der Waals surface area (Å²) in [7, 11) is 3.57. The predicted molar refractivity (Wildman–Crippen MR) is 74.3 cm³/mol. The maximum Gasteiger partial charge on any atom is 0.213 e. The Kier molecular flexibility index (Phi) is 4.75. The van der Waals surface area contributed by atoms with Crippen molar-refractivity contribution in [1.29, 1.82) is 0 Å². The van der Waals surface area contributed by atoms with Gasteiger partial charge in [0, 0.05) is 18.8 Å². The molecule has 0 unspecified atom stereocenters. The van der Waals surface area contributed by atoms with Gasteiger partial charge in [-0.15, -0.1) is 0 Å². The van der Waals surface area contributed by atoms with Crippen LogP contribution in [0.4, 0.5) is 0 Å². The van der Waals surface area contributed by atoms with Crippen LogP contribution >= 0.6 is 0 Å². The van der Waals surface area contributed by atoms with Crippen LogP contribution < -0.4 is 14.8 Å². The second kappa shape index (κ2) is 6.75. The number of ether oxygens (including phenoxy) is 2. The maximum atomic E-state index is 5.67. The fourth-order valence-electron chi connectivity index (χ4n) is 1.72. The minimum absolute atomic E-state index is 0.500. The highest BCUT2D eigenvalue weighted by molar-refractivity contribution is 5.27. The largest absolute Gasteiger partial charge is 0.497 e. The molecule has 2 rings (SSSR count). The van der Waals surface area contributed by atoms with Crippen molar-refractivity contribution in [2.45, 2.75) is 13.2 Å². The van der Waals surface area contributed by atoms with Gasteiger partial charge in [-0.3, -0.25) is 0 Å². The zero-order valence-electron chi connectivity index (χ0n) is 11.2.